The Hall–Kier alpha value is -0.910. The van der Waals surface area contributed by atoms with E-state index in [9.17, 15) is 5.11 Å². The molecule has 0 saturated carbocycles. The third-order valence-corrected chi connectivity index (χ3v) is 3.81. The predicted octanol–water partition coefficient (Wildman–Crippen LogP) is 3.83. The van der Waals surface area contributed by atoms with Crippen LogP contribution in [0.5, 0.6) is 0 Å². The lowest BCUT2D eigenvalue weighted by Crippen LogP contribution is -1.97. The molecule has 0 aliphatic rings. The Labute approximate surface area is 119 Å². The molecule has 0 bridgehead atoms. The Morgan fingerprint density at radius 2 is 2.06 bits per heavy atom. The standard InChI is InChI=1S/C13H13BrN2OS/c1-2-12(17)11-5-4-10(8-15-11)18-13-6-3-9(14)7-16-13/h3-8,12,17H,2H2,1H3/t12-/m0/s1. The minimum atomic E-state index is -0.477. The molecule has 0 unspecified atom stereocenters. The molecule has 5 heteroatoms. The maximum Gasteiger partial charge on any atom is 0.101 e. The largest absolute Gasteiger partial charge is 0.387 e. The van der Waals surface area contributed by atoms with Crippen LogP contribution in [0, 0.1) is 0 Å². The van der Waals surface area contributed by atoms with E-state index in [1.165, 1.54) is 0 Å². The molecule has 2 aromatic rings. The van der Waals surface area contributed by atoms with Gasteiger partial charge in [0.05, 0.1) is 11.8 Å². The molecule has 2 rings (SSSR count). The summed E-state index contributed by atoms with van der Waals surface area (Å²) in [6.07, 6.45) is 3.73. The van der Waals surface area contributed by atoms with Gasteiger partial charge in [-0.15, -0.1) is 0 Å². The van der Waals surface area contributed by atoms with Crippen molar-refractivity contribution in [3.63, 3.8) is 0 Å². The number of aliphatic hydroxyl groups is 1. The zero-order valence-corrected chi connectivity index (χ0v) is 12.3. The SMILES string of the molecule is CC[C@H](O)c1ccc(Sc2ccc(Br)cn2)cn1. The highest BCUT2D eigenvalue weighted by molar-refractivity contribution is 9.10. The highest BCUT2D eigenvalue weighted by Crippen LogP contribution is 2.27. The molecule has 0 amide bonds. The van der Waals surface area contributed by atoms with Gasteiger partial charge >= 0.3 is 0 Å². The van der Waals surface area contributed by atoms with Crippen molar-refractivity contribution < 1.29 is 5.11 Å². The van der Waals surface area contributed by atoms with Gasteiger partial charge in [0, 0.05) is 21.8 Å². The van der Waals surface area contributed by atoms with Crippen LogP contribution < -0.4 is 0 Å². The number of hydrogen-bond donors (Lipinski definition) is 1. The summed E-state index contributed by atoms with van der Waals surface area (Å²) < 4.78 is 0.964. The van der Waals surface area contributed by atoms with Gasteiger partial charge in [0.1, 0.15) is 5.03 Å². The van der Waals surface area contributed by atoms with Gasteiger partial charge in [-0.1, -0.05) is 18.7 Å². The number of pyridine rings is 2. The van der Waals surface area contributed by atoms with E-state index in [0.29, 0.717) is 12.1 Å². The molecule has 0 radical (unpaired) electrons. The normalized spacial score (nSPS) is 12.4. The summed E-state index contributed by atoms with van der Waals surface area (Å²) >= 11 is 4.90. The van der Waals surface area contributed by atoms with E-state index in [0.717, 1.165) is 14.4 Å². The van der Waals surface area contributed by atoms with Crippen molar-refractivity contribution in [2.24, 2.45) is 0 Å². The first-order chi connectivity index (χ1) is 8.69. The number of hydrogen-bond acceptors (Lipinski definition) is 4. The molecule has 3 nitrogen and oxygen atoms in total. The van der Waals surface area contributed by atoms with Crippen molar-refractivity contribution in [3.8, 4) is 0 Å². The second kappa shape index (κ2) is 6.31. The third-order valence-electron chi connectivity index (χ3n) is 2.41. The van der Waals surface area contributed by atoms with Crippen LogP contribution in [-0.2, 0) is 0 Å². The first kappa shape index (κ1) is 13.5. The molecule has 2 heterocycles. The highest BCUT2D eigenvalue weighted by atomic mass is 79.9. The van der Waals surface area contributed by atoms with Crippen LogP contribution in [0.15, 0.2) is 51.1 Å². The molecule has 18 heavy (non-hydrogen) atoms. The molecule has 0 aliphatic heterocycles. The molecule has 0 aliphatic carbocycles. The van der Waals surface area contributed by atoms with Crippen LogP contribution >= 0.6 is 27.7 Å². The first-order valence-electron chi connectivity index (χ1n) is 5.62. The summed E-state index contributed by atoms with van der Waals surface area (Å²) in [5, 5.41) is 10.6. The molecule has 0 saturated heterocycles. The van der Waals surface area contributed by atoms with Crippen LogP contribution in [0.25, 0.3) is 0 Å². The lowest BCUT2D eigenvalue weighted by atomic mass is 10.2. The molecule has 94 valence electrons. The fraction of sp³-hybridized carbons (Fsp3) is 0.231. The van der Waals surface area contributed by atoms with E-state index in [1.807, 2.05) is 31.2 Å². The van der Waals surface area contributed by atoms with E-state index in [-0.39, 0.29) is 0 Å². The van der Waals surface area contributed by atoms with E-state index < -0.39 is 6.10 Å². The quantitative estimate of drug-likeness (QED) is 0.928. The predicted molar refractivity (Wildman–Crippen MR) is 75.5 cm³/mol. The summed E-state index contributed by atoms with van der Waals surface area (Å²) in [6.45, 7) is 1.93. The Morgan fingerprint density at radius 3 is 2.61 bits per heavy atom. The molecular weight excluding hydrogens is 312 g/mol. The molecule has 1 atom stereocenters. The van der Waals surface area contributed by atoms with Crippen molar-refractivity contribution in [3.05, 3.63) is 46.8 Å². The maximum atomic E-state index is 9.65. The average Bonchev–Trinajstić information content (AvgIpc) is 2.41. The lowest BCUT2D eigenvalue weighted by Gasteiger charge is -2.07. The van der Waals surface area contributed by atoms with Gasteiger partial charge in [0.2, 0.25) is 0 Å². The zero-order chi connectivity index (χ0) is 13.0. The first-order valence-corrected chi connectivity index (χ1v) is 7.23. The van der Waals surface area contributed by atoms with Gasteiger partial charge in [-0.25, -0.2) is 4.98 Å². The van der Waals surface area contributed by atoms with Gasteiger partial charge in [0.25, 0.3) is 0 Å². The lowest BCUT2D eigenvalue weighted by molar-refractivity contribution is 0.169. The Kier molecular flexibility index (Phi) is 4.74. The summed E-state index contributed by atoms with van der Waals surface area (Å²) in [4.78, 5) is 9.55. The topological polar surface area (TPSA) is 46.0 Å². The molecule has 0 fully saturated rings. The van der Waals surface area contributed by atoms with Crippen LogP contribution in [-0.4, -0.2) is 15.1 Å². The molecular formula is C13H13BrN2OS. The van der Waals surface area contributed by atoms with Crippen molar-refractivity contribution in [2.45, 2.75) is 29.4 Å². The van der Waals surface area contributed by atoms with Gasteiger partial charge in [-0.3, -0.25) is 4.98 Å². The van der Waals surface area contributed by atoms with Crippen LogP contribution in [0.3, 0.4) is 0 Å². The Bertz CT molecular complexity index is 501. The molecule has 1 N–H and O–H groups in total. The van der Waals surface area contributed by atoms with Crippen molar-refractivity contribution >= 4 is 27.7 Å². The zero-order valence-electron chi connectivity index (χ0n) is 9.88. The van der Waals surface area contributed by atoms with Gasteiger partial charge in [-0.2, -0.15) is 0 Å². The van der Waals surface area contributed by atoms with Gasteiger partial charge in [-0.05, 0) is 46.6 Å². The second-order valence-corrected chi connectivity index (χ2v) is 5.77. The van der Waals surface area contributed by atoms with Crippen LogP contribution in [0.4, 0.5) is 0 Å². The van der Waals surface area contributed by atoms with Crippen molar-refractivity contribution in [1.82, 2.24) is 9.97 Å². The summed E-state index contributed by atoms with van der Waals surface area (Å²) in [5.41, 5.74) is 0.714. The van der Waals surface area contributed by atoms with Gasteiger partial charge in [0.15, 0.2) is 0 Å². The number of halogens is 1. The smallest absolute Gasteiger partial charge is 0.101 e. The number of rotatable bonds is 4. The van der Waals surface area contributed by atoms with E-state index >= 15 is 0 Å². The fourth-order valence-electron chi connectivity index (χ4n) is 1.40. The van der Waals surface area contributed by atoms with Crippen molar-refractivity contribution in [2.75, 3.05) is 0 Å². The summed E-state index contributed by atoms with van der Waals surface area (Å²) in [7, 11) is 0. The van der Waals surface area contributed by atoms with Crippen LogP contribution in [0.2, 0.25) is 0 Å². The Morgan fingerprint density at radius 1 is 1.22 bits per heavy atom. The summed E-state index contributed by atoms with van der Waals surface area (Å²) in [6, 6.07) is 7.71. The minimum Gasteiger partial charge on any atom is -0.387 e. The van der Waals surface area contributed by atoms with Crippen LogP contribution in [0.1, 0.15) is 25.1 Å². The monoisotopic (exact) mass is 324 g/mol. The van der Waals surface area contributed by atoms with Gasteiger partial charge < -0.3 is 5.11 Å². The van der Waals surface area contributed by atoms with E-state index in [2.05, 4.69) is 25.9 Å². The maximum absolute atomic E-state index is 9.65. The average molecular weight is 325 g/mol. The summed E-state index contributed by atoms with van der Waals surface area (Å²) in [5.74, 6) is 0. The minimum absolute atomic E-state index is 0.477. The highest BCUT2D eigenvalue weighted by Gasteiger charge is 2.06. The molecule has 0 spiro atoms. The number of nitrogens with zero attached hydrogens (tertiary/aromatic N) is 2. The van der Waals surface area contributed by atoms with E-state index in [4.69, 9.17) is 0 Å². The van der Waals surface area contributed by atoms with Crippen molar-refractivity contribution in [1.29, 1.82) is 0 Å². The number of aromatic nitrogens is 2. The molecule has 2 aromatic heterocycles. The Balaban J connectivity index is 2.08. The molecule has 0 aromatic carbocycles. The second-order valence-electron chi connectivity index (χ2n) is 3.76. The van der Waals surface area contributed by atoms with E-state index in [1.54, 1.807) is 24.2 Å². The number of aliphatic hydroxyl groups excluding tert-OH is 1. The third kappa shape index (κ3) is 3.54. The fourth-order valence-corrected chi connectivity index (χ4v) is 2.36.